The minimum absolute atomic E-state index is 0.0312. The van der Waals surface area contributed by atoms with Crippen molar-refractivity contribution in [1.29, 1.82) is 0 Å². The zero-order valence-electron chi connectivity index (χ0n) is 9.68. The largest absolute Gasteiger partial charge is 0.391 e. The second kappa shape index (κ2) is 4.88. The van der Waals surface area contributed by atoms with Crippen LogP contribution in [0.15, 0.2) is 12.1 Å². The highest BCUT2D eigenvalue weighted by atomic mass is 19.1. The van der Waals surface area contributed by atoms with Crippen LogP contribution in [0.3, 0.4) is 0 Å². The van der Waals surface area contributed by atoms with Crippen molar-refractivity contribution in [1.82, 2.24) is 4.90 Å². The highest BCUT2D eigenvalue weighted by Gasteiger charge is 2.29. The number of amides is 1. The molecule has 1 aromatic rings. The molecule has 0 spiro atoms. The molecule has 1 saturated heterocycles. The third-order valence-corrected chi connectivity index (χ3v) is 2.91. The second-order valence-electron chi connectivity index (χ2n) is 4.23. The van der Waals surface area contributed by atoms with Crippen molar-refractivity contribution >= 4 is 11.6 Å². The van der Waals surface area contributed by atoms with E-state index in [2.05, 4.69) is 0 Å². The predicted octanol–water partition coefficient (Wildman–Crippen LogP) is 1.08. The molecule has 1 N–H and O–H groups in total. The Kier molecular flexibility index (Phi) is 3.43. The summed E-state index contributed by atoms with van der Waals surface area (Å²) in [4.78, 5) is 22.6. The van der Waals surface area contributed by atoms with Crippen LogP contribution >= 0.6 is 0 Å². The number of β-amino-alcohol motifs (C(OH)–C–C–N with tert-alkyl or cyclic N) is 1. The van der Waals surface area contributed by atoms with Crippen molar-refractivity contribution < 1.29 is 23.6 Å². The van der Waals surface area contributed by atoms with Crippen LogP contribution < -0.4 is 0 Å². The summed E-state index contributed by atoms with van der Waals surface area (Å²) in [7, 11) is 0. The Morgan fingerprint density at radius 3 is 2.63 bits per heavy atom. The van der Waals surface area contributed by atoms with E-state index in [0.717, 1.165) is 0 Å². The lowest BCUT2D eigenvalue weighted by atomic mass is 10.1. The molecular formula is C11H10F2N2O4. The SMILES string of the molecule is O=C(c1cc([N+](=O)[O-])c(F)cc1F)N1CC[C@H](O)C1. The Hall–Kier alpha value is -2.09. The van der Waals surface area contributed by atoms with E-state index in [0.29, 0.717) is 18.6 Å². The molecule has 0 aromatic heterocycles. The van der Waals surface area contributed by atoms with Crippen LogP contribution in [0.25, 0.3) is 0 Å². The maximum Gasteiger partial charge on any atom is 0.305 e. The van der Waals surface area contributed by atoms with Crippen molar-refractivity contribution in [3.63, 3.8) is 0 Å². The Labute approximate surface area is 106 Å². The molecule has 1 fully saturated rings. The Balaban J connectivity index is 2.36. The number of hydrogen-bond donors (Lipinski definition) is 1. The van der Waals surface area contributed by atoms with Crippen LogP contribution in [0.2, 0.25) is 0 Å². The van der Waals surface area contributed by atoms with E-state index >= 15 is 0 Å². The monoisotopic (exact) mass is 272 g/mol. The summed E-state index contributed by atoms with van der Waals surface area (Å²) in [6.07, 6.45) is -0.334. The van der Waals surface area contributed by atoms with Gasteiger partial charge in [0.15, 0.2) is 0 Å². The van der Waals surface area contributed by atoms with E-state index in [-0.39, 0.29) is 13.1 Å². The summed E-state index contributed by atoms with van der Waals surface area (Å²) < 4.78 is 26.7. The van der Waals surface area contributed by atoms with Crippen LogP contribution in [-0.2, 0) is 0 Å². The van der Waals surface area contributed by atoms with Gasteiger partial charge in [-0.25, -0.2) is 4.39 Å². The molecule has 0 radical (unpaired) electrons. The fraction of sp³-hybridized carbons (Fsp3) is 0.364. The van der Waals surface area contributed by atoms with Crippen molar-refractivity contribution in [3.05, 3.63) is 39.4 Å². The van der Waals surface area contributed by atoms with Crippen molar-refractivity contribution in [2.75, 3.05) is 13.1 Å². The van der Waals surface area contributed by atoms with Gasteiger partial charge in [0.25, 0.3) is 5.91 Å². The number of nitrogens with zero attached hydrogens (tertiary/aromatic N) is 2. The zero-order chi connectivity index (χ0) is 14.2. The summed E-state index contributed by atoms with van der Waals surface area (Å²) >= 11 is 0. The van der Waals surface area contributed by atoms with Gasteiger partial charge in [-0.05, 0) is 6.42 Å². The summed E-state index contributed by atoms with van der Waals surface area (Å²) in [6, 6.07) is 0.898. The predicted molar refractivity (Wildman–Crippen MR) is 59.5 cm³/mol. The molecule has 2 rings (SSSR count). The molecule has 1 atom stereocenters. The Morgan fingerprint density at radius 1 is 1.42 bits per heavy atom. The smallest absolute Gasteiger partial charge is 0.305 e. The van der Waals surface area contributed by atoms with Crippen molar-refractivity contribution in [2.24, 2.45) is 0 Å². The van der Waals surface area contributed by atoms with Gasteiger partial charge in [-0.3, -0.25) is 14.9 Å². The van der Waals surface area contributed by atoms with Gasteiger partial charge in [0.1, 0.15) is 5.82 Å². The minimum atomic E-state index is -1.33. The van der Waals surface area contributed by atoms with Crippen molar-refractivity contribution in [3.8, 4) is 0 Å². The summed E-state index contributed by atoms with van der Waals surface area (Å²) in [5.74, 6) is -3.29. The van der Waals surface area contributed by atoms with E-state index in [4.69, 9.17) is 0 Å². The number of aliphatic hydroxyl groups is 1. The quantitative estimate of drug-likeness (QED) is 0.645. The number of halogens is 2. The molecule has 1 amide bonds. The van der Waals surface area contributed by atoms with Gasteiger partial charge in [-0.15, -0.1) is 0 Å². The first-order valence-corrected chi connectivity index (χ1v) is 5.51. The molecule has 6 nitrogen and oxygen atoms in total. The molecular weight excluding hydrogens is 262 g/mol. The van der Waals surface area contributed by atoms with Crippen LogP contribution in [0.4, 0.5) is 14.5 Å². The summed E-state index contributed by atoms with van der Waals surface area (Å²) in [5, 5.41) is 19.9. The number of nitro groups is 1. The van der Waals surface area contributed by atoms with E-state index in [9.17, 15) is 28.8 Å². The molecule has 0 unspecified atom stereocenters. The highest BCUT2D eigenvalue weighted by Crippen LogP contribution is 2.23. The molecule has 1 aliphatic rings. The van der Waals surface area contributed by atoms with Gasteiger partial charge in [0, 0.05) is 25.2 Å². The maximum atomic E-state index is 13.5. The van der Waals surface area contributed by atoms with Crippen LogP contribution in [-0.4, -0.2) is 40.0 Å². The van der Waals surface area contributed by atoms with E-state index in [1.807, 2.05) is 0 Å². The van der Waals surface area contributed by atoms with Crippen LogP contribution in [0, 0.1) is 21.7 Å². The van der Waals surface area contributed by atoms with E-state index < -0.39 is 39.8 Å². The number of hydrogen-bond acceptors (Lipinski definition) is 4. The molecule has 102 valence electrons. The lowest BCUT2D eigenvalue weighted by molar-refractivity contribution is -0.387. The van der Waals surface area contributed by atoms with Crippen LogP contribution in [0.5, 0.6) is 0 Å². The first-order chi connectivity index (χ1) is 8.90. The van der Waals surface area contributed by atoms with Gasteiger partial charge in [0.05, 0.1) is 16.6 Å². The van der Waals surface area contributed by atoms with Gasteiger partial charge in [-0.1, -0.05) is 0 Å². The molecule has 19 heavy (non-hydrogen) atoms. The first-order valence-electron chi connectivity index (χ1n) is 5.51. The summed E-state index contributed by atoms with van der Waals surface area (Å²) in [6.45, 7) is 0.258. The third kappa shape index (κ3) is 2.53. The third-order valence-electron chi connectivity index (χ3n) is 2.91. The lowest BCUT2D eigenvalue weighted by Gasteiger charge is -2.15. The lowest BCUT2D eigenvalue weighted by Crippen LogP contribution is -2.30. The molecule has 0 saturated carbocycles. The zero-order valence-corrected chi connectivity index (χ0v) is 9.68. The topological polar surface area (TPSA) is 83.7 Å². The van der Waals surface area contributed by atoms with Crippen molar-refractivity contribution in [2.45, 2.75) is 12.5 Å². The molecule has 1 heterocycles. The fourth-order valence-corrected chi connectivity index (χ4v) is 1.94. The molecule has 1 aliphatic heterocycles. The number of likely N-dealkylation sites (tertiary alicyclic amines) is 1. The first kappa shape index (κ1) is 13.3. The number of nitro benzene ring substituents is 1. The molecule has 0 aliphatic carbocycles. The van der Waals surface area contributed by atoms with Gasteiger partial charge >= 0.3 is 5.69 Å². The molecule has 0 bridgehead atoms. The number of aliphatic hydroxyl groups excluding tert-OH is 1. The number of carbonyl (C=O) groups excluding carboxylic acids is 1. The average molecular weight is 272 g/mol. The second-order valence-corrected chi connectivity index (χ2v) is 4.23. The van der Waals surface area contributed by atoms with E-state index in [1.54, 1.807) is 0 Å². The fourth-order valence-electron chi connectivity index (χ4n) is 1.94. The summed E-state index contributed by atoms with van der Waals surface area (Å²) in [5.41, 5.74) is -1.52. The number of carbonyl (C=O) groups is 1. The Bertz CT molecular complexity index is 550. The highest BCUT2D eigenvalue weighted by molar-refractivity contribution is 5.95. The standard InChI is InChI=1S/C11H10F2N2O4/c12-8-4-9(13)10(15(18)19)3-7(8)11(17)14-2-1-6(16)5-14/h3-4,6,16H,1-2,5H2/t6-/m0/s1. The van der Waals surface area contributed by atoms with Gasteiger partial charge in [0.2, 0.25) is 5.82 Å². The Morgan fingerprint density at radius 2 is 2.11 bits per heavy atom. The minimum Gasteiger partial charge on any atom is -0.391 e. The number of benzene rings is 1. The number of rotatable bonds is 2. The molecule has 8 heteroatoms. The normalized spacial score (nSPS) is 18.7. The average Bonchev–Trinajstić information content (AvgIpc) is 2.74. The maximum absolute atomic E-state index is 13.5. The van der Waals surface area contributed by atoms with Gasteiger partial charge < -0.3 is 10.0 Å². The molecule has 1 aromatic carbocycles. The van der Waals surface area contributed by atoms with Gasteiger partial charge in [-0.2, -0.15) is 4.39 Å². The van der Waals surface area contributed by atoms with E-state index in [1.165, 1.54) is 4.90 Å². The van der Waals surface area contributed by atoms with Crippen LogP contribution in [0.1, 0.15) is 16.8 Å².